The van der Waals surface area contributed by atoms with Gasteiger partial charge in [-0.1, -0.05) is 83.8 Å². The van der Waals surface area contributed by atoms with E-state index in [-0.39, 0.29) is 5.41 Å². The number of hydrogen-bond acceptors (Lipinski definition) is 2. The van der Waals surface area contributed by atoms with Crippen LogP contribution in [-0.2, 0) is 4.79 Å². The molecule has 0 aromatic carbocycles. The smallest absolute Gasteiger partial charge is 0.125 e. The van der Waals surface area contributed by atoms with Crippen molar-refractivity contribution in [1.82, 2.24) is 0 Å². The molecule has 0 aliphatic carbocycles. The van der Waals surface area contributed by atoms with Crippen LogP contribution >= 0.6 is 0 Å². The molecule has 0 aromatic rings. The quantitative estimate of drug-likeness (QED) is 0.190. The van der Waals surface area contributed by atoms with Crippen LogP contribution in [0.1, 0.15) is 97.3 Å². The van der Waals surface area contributed by atoms with Gasteiger partial charge in [-0.05, 0) is 25.7 Å². The number of aldehydes is 1. The number of rotatable bonds is 17. The molecule has 0 amide bonds. The lowest BCUT2D eigenvalue weighted by atomic mass is 9.88. The maximum atomic E-state index is 10.8. The van der Waals surface area contributed by atoms with Gasteiger partial charge in [0.25, 0.3) is 0 Å². The van der Waals surface area contributed by atoms with Gasteiger partial charge < -0.3 is 9.90 Å². The fourth-order valence-corrected chi connectivity index (χ4v) is 3.16. The Hall–Kier alpha value is -0.890. The van der Waals surface area contributed by atoms with Crippen molar-refractivity contribution in [2.45, 2.75) is 103 Å². The van der Waals surface area contributed by atoms with Crippen molar-refractivity contribution in [2.24, 2.45) is 5.41 Å². The van der Waals surface area contributed by atoms with Crippen LogP contribution in [0, 0.1) is 5.41 Å². The topological polar surface area (TPSA) is 37.3 Å². The lowest BCUT2D eigenvalue weighted by molar-refractivity contribution is -0.115. The van der Waals surface area contributed by atoms with E-state index in [9.17, 15) is 9.90 Å². The highest BCUT2D eigenvalue weighted by Gasteiger charge is 2.22. The summed E-state index contributed by atoms with van der Waals surface area (Å²) in [6.45, 7) is 11.5. The zero-order chi connectivity index (χ0) is 18.3. The van der Waals surface area contributed by atoms with E-state index in [1.54, 1.807) is 12.2 Å². The van der Waals surface area contributed by atoms with Gasteiger partial charge in [-0.15, -0.1) is 13.2 Å². The molecule has 0 rings (SSSR count). The zero-order valence-electron chi connectivity index (χ0n) is 16.2. The molecule has 24 heavy (non-hydrogen) atoms. The summed E-state index contributed by atoms with van der Waals surface area (Å²) in [7, 11) is 0. The molecule has 0 saturated heterocycles. The van der Waals surface area contributed by atoms with Gasteiger partial charge in [-0.25, -0.2) is 0 Å². The van der Waals surface area contributed by atoms with Gasteiger partial charge in [0.05, 0.1) is 5.60 Å². The third kappa shape index (κ3) is 12.5. The van der Waals surface area contributed by atoms with E-state index in [2.05, 4.69) is 13.2 Å². The average Bonchev–Trinajstić information content (AvgIpc) is 2.53. The van der Waals surface area contributed by atoms with Gasteiger partial charge in [0.1, 0.15) is 6.29 Å². The Morgan fingerprint density at radius 2 is 1.12 bits per heavy atom. The van der Waals surface area contributed by atoms with Crippen LogP contribution in [0.3, 0.4) is 0 Å². The molecule has 0 fully saturated rings. The summed E-state index contributed by atoms with van der Waals surface area (Å²) in [6, 6.07) is 0. The van der Waals surface area contributed by atoms with Crippen LogP contribution in [0.4, 0.5) is 0 Å². The molecule has 0 atom stereocenters. The van der Waals surface area contributed by atoms with E-state index in [1.807, 2.05) is 13.8 Å². The second-order valence-corrected chi connectivity index (χ2v) is 8.00. The Balaban J connectivity index is 3.49. The molecule has 1 N–H and O–H groups in total. The van der Waals surface area contributed by atoms with E-state index >= 15 is 0 Å². The average molecular weight is 337 g/mol. The molecular weight excluding hydrogens is 296 g/mol. The molecule has 0 aliphatic heterocycles. The van der Waals surface area contributed by atoms with Gasteiger partial charge in [-0.3, -0.25) is 0 Å². The third-order valence-electron chi connectivity index (χ3n) is 4.83. The van der Waals surface area contributed by atoms with E-state index in [1.165, 1.54) is 44.9 Å². The first-order chi connectivity index (χ1) is 11.4. The van der Waals surface area contributed by atoms with Gasteiger partial charge in [0.15, 0.2) is 0 Å². The first kappa shape index (κ1) is 23.1. The summed E-state index contributed by atoms with van der Waals surface area (Å²) in [5.74, 6) is 0. The van der Waals surface area contributed by atoms with Crippen molar-refractivity contribution >= 4 is 6.29 Å². The SMILES string of the molecule is C=CCC(O)(CC=C)CCCCCCCCCCCC(C)(C)C=O. The first-order valence-electron chi connectivity index (χ1n) is 9.80. The second kappa shape index (κ2) is 13.4. The maximum absolute atomic E-state index is 10.8. The molecule has 2 nitrogen and oxygen atoms in total. The van der Waals surface area contributed by atoms with Gasteiger partial charge >= 0.3 is 0 Å². The largest absolute Gasteiger partial charge is 0.389 e. The molecule has 0 aromatic heterocycles. The minimum Gasteiger partial charge on any atom is -0.389 e. The van der Waals surface area contributed by atoms with Gasteiger partial charge in [-0.2, -0.15) is 0 Å². The van der Waals surface area contributed by atoms with E-state index < -0.39 is 5.60 Å². The lowest BCUT2D eigenvalue weighted by Gasteiger charge is -2.25. The highest BCUT2D eigenvalue weighted by Crippen LogP contribution is 2.25. The Labute approximate surface area is 150 Å². The van der Waals surface area contributed by atoms with Crippen LogP contribution in [0.2, 0.25) is 0 Å². The third-order valence-corrected chi connectivity index (χ3v) is 4.83. The molecule has 0 spiro atoms. The van der Waals surface area contributed by atoms with Crippen LogP contribution in [0.25, 0.3) is 0 Å². The Kier molecular flexibility index (Phi) is 12.9. The van der Waals surface area contributed by atoms with E-state index in [0.29, 0.717) is 12.8 Å². The van der Waals surface area contributed by atoms with Crippen LogP contribution < -0.4 is 0 Å². The van der Waals surface area contributed by atoms with Crippen LogP contribution in [-0.4, -0.2) is 17.0 Å². The molecular formula is C22H40O2. The summed E-state index contributed by atoms with van der Waals surface area (Å²) >= 11 is 0. The van der Waals surface area contributed by atoms with Crippen molar-refractivity contribution in [2.75, 3.05) is 0 Å². The van der Waals surface area contributed by atoms with Gasteiger partial charge in [0.2, 0.25) is 0 Å². The predicted molar refractivity (Wildman–Crippen MR) is 105 cm³/mol. The Morgan fingerprint density at radius 3 is 1.50 bits per heavy atom. The normalized spacial score (nSPS) is 12.1. The second-order valence-electron chi connectivity index (χ2n) is 8.00. The zero-order valence-corrected chi connectivity index (χ0v) is 16.2. The molecule has 0 unspecified atom stereocenters. The van der Waals surface area contributed by atoms with Crippen molar-refractivity contribution in [3.05, 3.63) is 25.3 Å². The predicted octanol–water partition coefficient (Wildman–Crippen LogP) is 6.39. The van der Waals surface area contributed by atoms with Crippen LogP contribution in [0.15, 0.2) is 25.3 Å². The molecule has 0 saturated carbocycles. The number of unbranched alkanes of at least 4 members (excludes halogenated alkanes) is 8. The molecule has 140 valence electrons. The minimum absolute atomic E-state index is 0.140. The fourth-order valence-electron chi connectivity index (χ4n) is 3.16. The number of carbonyl (C=O) groups is 1. The summed E-state index contributed by atoms with van der Waals surface area (Å²) in [4.78, 5) is 10.8. The van der Waals surface area contributed by atoms with Crippen molar-refractivity contribution in [3.63, 3.8) is 0 Å². The van der Waals surface area contributed by atoms with Crippen molar-refractivity contribution in [3.8, 4) is 0 Å². The summed E-state index contributed by atoms with van der Waals surface area (Å²) in [5.41, 5.74) is -0.766. The Morgan fingerprint density at radius 1 is 0.750 bits per heavy atom. The molecule has 0 radical (unpaired) electrons. The van der Waals surface area contributed by atoms with E-state index in [4.69, 9.17) is 0 Å². The van der Waals surface area contributed by atoms with Crippen LogP contribution in [0.5, 0.6) is 0 Å². The first-order valence-corrected chi connectivity index (χ1v) is 9.80. The summed E-state index contributed by atoms with van der Waals surface area (Å²) < 4.78 is 0. The molecule has 2 heteroatoms. The monoisotopic (exact) mass is 336 g/mol. The van der Waals surface area contributed by atoms with E-state index in [0.717, 1.165) is 32.0 Å². The number of aliphatic hydroxyl groups is 1. The molecule has 0 heterocycles. The summed E-state index contributed by atoms with van der Waals surface area (Å²) in [6.07, 6.45) is 19.0. The van der Waals surface area contributed by atoms with Crippen molar-refractivity contribution < 1.29 is 9.90 Å². The maximum Gasteiger partial charge on any atom is 0.125 e. The fraction of sp³-hybridized carbons (Fsp3) is 0.773. The van der Waals surface area contributed by atoms with Gasteiger partial charge in [0, 0.05) is 5.41 Å². The summed E-state index contributed by atoms with van der Waals surface area (Å²) in [5, 5.41) is 10.4. The lowest BCUT2D eigenvalue weighted by Crippen LogP contribution is -2.26. The number of hydrogen-bond donors (Lipinski definition) is 1. The Bertz CT molecular complexity index is 334. The number of carbonyl (C=O) groups excluding carboxylic acids is 1. The molecule has 0 bridgehead atoms. The highest BCUT2D eigenvalue weighted by atomic mass is 16.3. The van der Waals surface area contributed by atoms with Crippen molar-refractivity contribution in [1.29, 1.82) is 0 Å². The highest BCUT2D eigenvalue weighted by molar-refractivity contribution is 5.57. The molecule has 0 aliphatic rings. The minimum atomic E-state index is -0.626. The standard InChI is InChI=1S/C22H40O2/c1-5-16-22(24,17-6-2)19-15-13-11-9-7-8-10-12-14-18-21(3,4)20-23/h5-6,20,24H,1-2,7-19H2,3-4H3.